The van der Waals surface area contributed by atoms with Crippen LogP contribution in [0.5, 0.6) is 0 Å². The molecule has 1 N–H and O–H groups in total. The molecule has 0 spiro atoms. The van der Waals surface area contributed by atoms with Crippen LogP contribution in [0.3, 0.4) is 0 Å². The summed E-state index contributed by atoms with van der Waals surface area (Å²) in [4.78, 5) is 24.0. The van der Waals surface area contributed by atoms with E-state index in [0.29, 0.717) is 10.6 Å². The molecule has 5 heteroatoms. The molecule has 0 bridgehead atoms. The quantitative estimate of drug-likeness (QED) is 0.840. The monoisotopic (exact) mass is 253 g/mol. The number of carboxylic acid groups (broad SMARTS) is 1. The molecule has 2 rings (SSSR count). The van der Waals surface area contributed by atoms with Gasteiger partial charge in [-0.2, -0.15) is 0 Å². The maximum Gasteiger partial charge on any atom is 0.407 e. The van der Waals surface area contributed by atoms with Crippen molar-refractivity contribution in [3.63, 3.8) is 0 Å². The predicted octanol–water partition coefficient (Wildman–Crippen LogP) is 2.67. The normalized spacial score (nSPS) is 14.4. The summed E-state index contributed by atoms with van der Waals surface area (Å²) in [6, 6.07) is 6.48. The summed E-state index contributed by atoms with van der Waals surface area (Å²) in [5.74, 6) is -0.198. The highest BCUT2D eigenvalue weighted by Gasteiger charge is 2.33. The van der Waals surface area contributed by atoms with Gasteiger partial charge in [0.25, 0.3) is 0 Å². The average Bonchev–Trinajstić information content (AvgIpc) is 3.10. The third-order valence-corrected chi connectivity index (χ3v) is 2.97. The number of amides is 1. The Morgan fingerprint density at radius 2 is 1.88 bits per heavy atom. The minimum atomic E-state index is -1.03. The van der Waals surface area contributed by atoms with Crippen LogP contribution in [0.2, 0.25) is 5.02 Å². The van der Waals surface area contributed by atoms with E-state index in [1.54, 1.807) is 24.3 Å². The largest absolute Gasteiger partial charge is 0.465 e. The van der Waals surface area contributed by atoms with Crippen LogP contribution in [0, 0.1) is 0 Å². The number of ketones is 1. The minimum Gasteiger partial charge on any atom is -0.465 e. The molecule has 1 fully saturated rings. The molecule has 0 aromatic heterocycles. The highest BCUT2D eigenvalue weighted by Crippen LogP contribution is 2.27. The SMILES string of the molecule is O=C(CN(C(=O)O)C1CC1)c1ccc(Cl)cc1. The second-order valence-corrected chi connectivity index (χ2v) is 4.51. The molecule has 90 valence electrons. The summed E-state index contributed by atoms with van der Waals surface area (Å²) >= 11 is 5.72. The summed E-state index contributed by atoms with van der Waals surface area (Å²) < 4.78 is 0. The first-order chi connectivity index (χ1) is 8.08. The van der Waals surface area contributed by atoms with E-state index in [2.05, 4.69) is 0 Å². The average molecular weight is 254 g/mol. The lowest BCUT2D eigenvalue weighted by molar-refractivity contribution is 0.0900. The number of carbonyl (C=O) groups excluding carboxylic acids is 1. The predicted molar refractivity (Wildman–Crippen MR) is 63.5 cm³/mol. The first kappa shape index (κ1) is 11.9. The van der Waals surface area contributed by atoms with Gasteiger partial charge in [0, 0.05) is 16.6 Å². The summed E-state index contributed by atoms with van der Waals surface area (Å²) in [6.07, 6.45) is 0.662. The van der Waals surface area contributed by atoms with E-state index < -0.39 is 6.09 Å². The van der Waals surface area contributed by atoms with Gasteiger partial charge in [-0.15, -0.1) is 0 Å². The van der Waals surface area contributed by atoms with Crippen LogP contribution in [0.4, 0.5) is 4.79 Å². The Labute approximate surface area is 104 Å². The number of carbonyl (C=O) groups is 2. The third-order valence-electron chi connectivity index (χ3n) is 2.71. The van der Waals surface area contributed by atoms with Crippen LogP contribution in [0.15, 0.2) is 24.3 Å². The van der Waals surface area contributed by atoms with Gasteiger partial charge in [0.2, 0.25) is 0 Å². The molecule has 0 radical (unpaired) electrons. The first-order valence-electron chi connectivity index (χ1n) is 5.36. The number of hydrogen-bond donors (Lipinski definition) is 1. The van der Waals surface area contributed by atoms with Crippen molar-refractivity contribution in [1.82, 2.24) is 4.90 Å². The summed E-state index contributed by atoms with van der Waals surface area (Å²) in [7, 11) is 0. The number of benzene rings is 1. The van der Waals surface area contributed by atoms with Crippen LogP contribution < -0.4 is 0 Å². The fourth-order valence-corrected chi connectivity index (χ4v) is 1.75. The molecule has 17 heavy (non-hydrogen) atoms. The van der Waals surface area contributed by atoms with E-state index in [1.807, 2.05) is 0 Å². The first-order valence-corrected chi connectivity index (χ1v) is 5.74. The van der Waals surface area contributed by atoms with Gasteiger partial charge >= 0.3 is 6.09 Å². The van der Waals surface area contributed by atoms with E-state index >= 15 is 0 Å². The highest BCUT2D eigenvalue weighted by molar-refractivity contribution is 6.30. The standard InChI is InChI=1S/C12H12ClNO3/c13-9-3-1-8(2-4-9)11(15)7-14(12(16)17)10-5-6-10/h1-4,10H,5-7H2,(H,16,17). The zero-order valence-corrected chi connectivity index (χ0v) is 9.85. The van der Waals surface area contributed by atoms with Crippen molar-refractivity contribution in [3.05, 3.63) is 34.9 Å². The Kier molecular flexibility index (Phi) is 3.33. The van der Waals surface area contributed by atoms with Crippen molar-refractivity contribution in [2.24, 2.45) is 0 Å². The van der Waals surface area contributed by atoms with Crippen molar-refractivity contribution < 1.29 is 14.7 Å². The fourth-order valence-electron chi connectivity index (χ4n) is 1.62. The maximum absolute atomic E-state index is 11.9. The highest BCUT2D eigenvalue weighted by atomic mass is 35.5. The fraction of sp³-hybridized carbons (Fsp3) is 0.333. The van der Waals surface area contributed by atoms with Gasteiger partial charge in [-0.1, -0.05) is 11.6 Å². The molecule has 1 aromatic carbocycles. The maximum atomic E-state index is 11.9. The van der Waals surface area contributed by atoms with Crippen molar-refractivity contribution in [3.8, 4) is 0 Å². The van der Waals surface area contributed by atoms with E-state index in [1.165, 1.54) is 4.90 Å². The van der Waals surface area contributed by atoms with E-state index in [4.69, 9.17) is 16.7 Å². The Balaban J connectivity index is 2.04. The lowest BCUT2D eigenvalue weighted by Gasteiger charge is -2.17. The Morgan fingerprint density at radius 3 is 2.35 bits per heavy atom. The molecule has 0 saturated heterocycles. The molecule has 0 unspecified atom stereocenters. The molecule has 4 nitrogen and oxygen atoms in total. The molecule has 0 aliphatic heterocycles. The topological polar surface area (TPSA) is 57.6 Å². The summed E-state index contributed by atoms with van der Waals surface area (Å²) in [6.45, 7) is -0.0817. The van der Waals surface area contributed by atoms with Crippen molar-refractivity contribution in [1.29, 1.82) is 0 Å². The zero-order chi connectivity index (χ0) is 12.4. The molecule has 0 heterocycles. The van der Waals surface area contributed by atoms with Crippen molar-refractivity contribution in [2.45, 2.75) is 18.9 Å². The lowest BCUT2D eigenvalue weighted by atomic mass is 10.1. The molecular formula is C12H12ClNO3. The Bertz CT molecular complexity index is 440. The summed E-state index contributed by atoms with van der Waals surface area (Å²) in [5, 5.41) is 9.53. The molecule has 1 aliphatic rings. The second-order valence-electron chi connectivity index (χ2n) is 4.07. The van der Waals surface area contributed by atoms with Crippen molar-refractivity contribution in [2.75, 3.05) is 6.54 Å². The van der Waals surface area contributed by atoms with Crippen LogP contribution in [-0.4, -0.2) is 34.5 Å². The lowest BCUT2D eigenvalue weighted by Crippen LogP contribution is -2.36. The van der Waals surface area contributed by atoms with Crippen LogP contribution in [0.25, 0.3) is 0 Å². The van der Waals surface area contributed by atoms with Gasteiger partial charge < -0.3 is 5.11 Å². The molecule has 1 amide bonds. The van der Waals surface area contributed by atoms with Gasteiger partial charge in [-0.25, -0.2) is 4.79 Å². The van der Waals surface area contributed by atoms with Crippen LogP contribution in [0.1, 0.15) is 23.2 Å². The molecule has 1 aliphatic carbocycles. The molecule has 0 atom stereocenters. The van der Waals surface area contributed by atoms with Gasteiger partial charge in [0.05, 0.1) is 6.54 Å². The Hall–Kier alpha value is -1.55. The minimum absolute atomic E-state index is 0.0174. The van der Waals surface area contributed by atoms with E-state index in [9.17, 15) is 9.59 Å². The number of nitrogens with zero attached hydrogens (tertiary/aromatic N) is 1. The summed E-state index contributed by atoms with van der Waals surface area (Å²) in [5.41, 5.74) is 0.487. The van der Waals surface area contributed by atoms with E-state index in [0.717, 1.165) is 12.8 Å². The van der Waals surface area contributed by atoms with E-state index in [-0.39, 0.29) is 18.4 Å². The number of halogens is 1. The second kappa shape index (κ2) is 4.75. The van der Waals surface area contributed by atoms with Crippen LogP contribution >= 0.6 is 11.6 Å². The number of hydrogen-bond acceptors (Lipinski definition) is 2. The van der Waals surface area contributed by atoms with Crippen LogP contribution in [-0.2, 0) is 0 Å². The smallest absolute Gasteiger partial charge is 0.407 e. The third kappa shape index (κ3) is 2.97. The zero-order valence-electron chi connectivity index (χ0n) is 9.10. The molecule has 1 aromatic rings. The van der Waals surface area contributed by atoms with Gasteiger partial charge in [-0.3, -0.25) is 9.69 Å². The van der Waals surface area contributed by atoms with Gasteiger partial charge in [-0.05, 0) is 37.1 Å². The van der Waals surface area contributed by atoms with Gasteiger partial charge in [0.1, 0.15) is 0 Å². The number of rotatable bonds is 4. The number of Topliss-reactive ketones (excluding diaryl/α,β-unsaturated/α-hetero) is 1. The Morgan fingerprint density at radius 1 is 1.29 bits per heavy atom. The van der Waals surface area contributed by atoms with Gasteiger partial charge in [0.15, 0.2) is 5.78 Å². The molecular weight excluding hydrogens is 242 g/mol. The van der Waals surface area contributed by atoms with Crippen molar-refractivity contribution >= 4 is 23.5 Å². The molecule has 1 saturated carbocycles.